The SMILES string of the molecule is Fc1ccc(Nc2cnnc(NCc3ccncc3)n2)cc1. The third-order valence-electron chi connectivity index (χ3n) is 2.88. The molecule has 2 aromatic heterocycles. The van der Waals surface area contributed by atoms with E-state index in [0.29, 0.717) is 18.3 Å². The van der Waals surface area contributed by atoms with Gasteiger partial charge in [-0.2, -0.15) is 10.1 Å². The van der Waals surface area contributed by atoms with E-state index in [1.807, 2.05) is 12.1 Å². The molecule has 0 saturated heterocycles. The largest absolute Gasteiger partial charge is 0.349 e. The van der Waals surface area contributed by atoms with Crippen molar-refractivity contribution in [3.05, 3.63) is 66.4 Å². The van der Waals surface area contributed by atoms with Crippen LogP contribution in [-0.2, 0) is 6.54 Å². The number of halogens is 1. The predicted molar refractivity (Wildman–Crippen MR) is 81.1 cm³/mol. The number of benzene rings is 1. The zero-order valence-corrected chi connectivity index (χ0v) is 11.6. The summed E-state index contributed by atoms with van der Waals surface area (Å²) < 4.78 is 12.9. The molecule has 0 fully saturated rings. The molecule has 6 nitrogen and oxygen atoms in total. The van der Waals surface area contributed by atoms with E-state index in [9.17, 15) is 4.39 Å². The molecule has 0 amide bonds. The van der Waals surface area contributed by atoms with Gasteiger partial charge in [0.15, 0.2) is 5.82 Å². The van der Waals surface area contributed by atoms with Gasteiger partial charge in [0.2, 0.25) is 5.95 Å². The summed E-state index contributed by atoms with van der Waals surface area (Å²) in [6.45, 7) is 0.574. The number of anilines is 3. The highest BCUT2D eigenvalue weighted by molar-refractivity contribution is 5.55. The minimum atomic E-state index is -0.286. The molecule has 0 bridgehead atoms. The number of aromatic nitrogens is 4. The van der Waals surface area contributed by atoms with Crippen LogP contribution in [0.2, 0.25) is 0 Å². The number of hydrogen-bond acceptors (Lipinski definition) is 6. The van der Waals surface area contributed by atoms with Crippen molar-refractivity contribution in [1.82, 2.24) is 20.2 Å². The molecule has 0 aliphatic heterocycles. The highest BCUT2D eigenvalue weighted by atomic mass is 19.1. The average molecular weight is 296 g/mol. The lowest BCUT2D eigenvalue weighted by Crippen LogP contribution is -2.06. The Labute approximate surface area is 126 Å². The van der Waals surface area contributed by atoms with Gasteiger partial charge in [-0.15, -0.1) is 5.10 Å². The second-order valence-corrected chi connectivity index (χ2v) is 4.51. The second-order valence-electron chi connectivity index (χ2n) is 4.51. The molecule has 0 spiro atoms. The monoisotopic (exact) mass is 296 g/mol. The zero-order valence-electron chi connectivity index (χ0n) is 11.6. The number of rotatable bonds is 5. The Balaban J connectivity index is 1.66. The molecular formula is C15H13FN6. The quantitative estimate of drug-likeness (QED) is 0.754. The van der Waals surface area contributed by atoms with Crippen molar-refractivity contribution in [3.63, 3.8) is 0 Å². The molecular weight excluding hydrogens is 283 g/mol. The zero-order chi connectivity index (χ0) is 15.2. The molecule has 2 heterocycles. The Kier molecular flexibility index (Phi) is 4.15. The summed E-state index contributed by atoms with van der Waals surface area (Å²) in [5.74, 6) is 0.647. The predicted octanol–water partition coefficient (Wildman–Crippen LogP) is 2.76. The van der Waals surface area contributed by atoms with Crippen molar-refractivity contribution in [1.29, 1.82) is 0 Å². The van der Waals surface area contributed by atoms with E-state index in [-0.39, 0.29) is 5.82 Å². The first-order chi connectivity index (χ1) is 10.8. The summed E-state index contributed by atoms with van der Waals surface area (Å²) in [5.41, 5.74) is 1.79. The van der Waals surface area contributed by atoms with Crippen LogP contribution >= 0.6 is 0 Å². The molecule has 1 aromatic carbocycles. The lowest BCUT2D eigenvalue weighted by atomic mass is 10.3. The van der Waals surface area contributed by atoms with E-state index in [1.54, 1.807) is 24.5 Å². The van der Waals surface area contributed by atoms with Gasteiger partial charge in [0, 0.05) is 24.6 Å². The second kappa shape index (κ2) is 6.57. The van der Waals surface area contributed by atoms with E-state index in [2.05, 4.69) is 30.8 Å². The van der Waals surface area contributed by atoms with Crippen LogP contribution in [-0.4, -0.2) is 20.2 Å². The molecule has 0 radical (unpaired) electrons. The van der Waals surface area contributed by atoms with Crippen molar-refractivity contribution in [2.24, 2.45) is 0 Å². The van der Waals surface area contributed by atoms with E-state index >= 15 is 0 Å². The number of pyridine rings is 1. The van der Waals surface area contributed by atoms with Crippen molar-refractivity contribution in [2.75, 3.05) is 10.6 Å². The molecule has 0 aliphatic rings. The van der Waals surface area contributed by atoms with Crippen LogP contribution in [0, 0.1) is 5.82 Å². The smallest absolute Gasteiger partial charge is 0.244 e. The highest BCUT2D eigenvalue weighted by Gasteiger charge is 2.02. The molecule has 0 atom stereocenters. The van der Waals surface area contributed by atoms with Crippen LogP contribution in [0.5, 0.6) is 0 Å². The minimum absolute atomic E-state index is 0.286. The highest BCUT2D eigenvalue weighted by Crippen LogP contribution is 2.14. The topological polar surface area (TPSA) is 75.6 Å². The van der Waals surface area contributed by atoms with Crippen LogP contribution in [0.25, 0.3) is 0 Å². The fourth-order valence-corrected chi connectivity index (χ4v) is 1.80. The summed E-state index contributed by atoms with van der Waals surface area (Å²) in [4.78, 5) is 8.26. The third kappa shape index (κ3) is 3.72. The van der Waals surface area contributed by atoms with E-state index < -0.39 is 0 Å². The molecule has 2 N–H and O–H groups in total. The summed E-state index contributed by atoms with van der Waals surface area (Å²) in [6.07, 6.45) is 4.95. The number of nitrogens with one attached hydrogen (secondary N) is 2. The number of hydrogen-bond donors (Lipinski definition) is 2. The first-order valence-electron chi connectivity index (χ1n) is 6.65. The van der Waals surface area contributed by atoms with Crippen molar-refractivity contribution in [2.45, 2.75) is 6.54 Å². The molecule has 3 rings (SSSR count). The Bertz CT molecular complexity index is 733. The van der Waals surface area contributed by atoms with Gasteiger partial charge in [0.1, 0.15) is 5.82 Å². The molecule has 0 unspecified atom stereocenters. The standard InChI is InChI=1S/C15H13FN6/c16-12-1-3-13(4-2-12)20-14-10-19-22-15(21-14)18-9-11-5-7-17-8-6-11/h1-8,10H,9H2,(H2,18,20,21,22). The van der Waals surface area contributed by atoms with Crippen LogP contribution in [0.3, 0.4) is 0 Å². The lowest BCUT2D eigenvalue weighted by molar-refractivity contribution is 0.628. The van der Waals surface area contributed by atoms with E-state index in [1.165, 1.54) is 18.3 Å². The maximum absolute atomic E-state index is 12.9. The summed E-state index contributed by atoms with van der Waals surface area (Å²) in [7, 11) is 0. The molecule has 110 valence electrons. The molecule has 7 heteroatoms. The Morgan fingerprint density at radius 1 is 1.00 bits per heavy atom. The first-order valence-corrected chi connectivity index (χ1v) is 6.65. The van der Waals surface area contributed by atoms with Crippen LogP contribution in [0.1, 0.15) is 5.56 Å². The van der Waals surface area contributed by atoms with E-state index in [0.717, 1.165) is 11.3 Å². The van der Waals surface area contributed by atoms with Gasteiger partial charge in [-0.25, -0.2) is 4.39 Å². The normalized spacial score (nSPS) is 10.2. The lowest BCUT2D eigenvalue weighted by Gasteiger charge is -2.07. The minimum Gasteiger partial charge on any atom is -0.349 e. The number of nitrogens with zero attached hydrogens (tertiary/aromatic N) is 4. The van der Waals surface area contributed by atoms with Gasteiger partial charge < -0.3 is 10.6 Å². The first kappa shape index (κ1) is 13.9. The average Bonchev–Trinajstić information content (AvgIpc) is 2.57. The third-order valence-corrected chi connectivity index (χ3v) is 2.88. The van der Waals surface area contributed by atoms with Gasteiger partial charge in [-0.3, -0.25) is 4.98 Å². The fourth-order valence-electron chi connectivity index (χ4n) is 1.80. The van der Waals surface area contributed by atoms with Crippen LogP contribution in [0.15, 0.2) is 55.0 Å². The summed E-state index contributed by atoms with van der Waals surface area (Å²) in [6, 6.07) is 9.81. The van der Waals surface area contributed by atoms with Crippen molar-refractivity contribution >= 4 is 17.5 Å². The van der Waals surface area contributed by atoms with Crippen LogP contribution < -0.4 is 10.6 Å². The van der Waals surface area contributed by atoms with Crippen LogP contribution in [0.4, 0.5) is 21.8 Å². The Hall–Kier alpha value is -3.09. The van der Waals surface area contributed by atoms with Gasteiger partial charge in [0.05, 0.1) is 6.20 Å². The molecule has 22 heavy (non-hydrogen) atoms. The van der Waals surface area contributed by atoms with Crippen molar-refractivity contribution in [3.8, 4) is 0 Å². The van der Waals surface area contributed by atoms with Gasteiger partial charge in [-0.1, -0.05) is 0 Å². The summed E-state index contributed by atoms with van der Waals surface area (Å²) in [5, 5.41) is 13.9. The van der Waals surface area contributed by atoms with E-state index in [4.69, 9.17) is 0 Å². The van der Waals surface area contributed by atoms with Gasteiger partial charge in [-0.05, 0) is 42.0 Å². The van der Waals surface area contributed by atoms with Gasteiger partial charge in [0.25, 0.3) is 0 Å². The Morgan fingerprint density at radius 2 is 1.77 bits per heavy atom. The Morgan fingerprint density at radius 3 is 2.55 bits per heavy atom. The maximum atomic E-state index is 12.9. The molecule has 0 aliphatic carbocycles. The van der Waals surface area contributed by atoms with Gasteiger partial charge >= 0.3 is 0 Å². The fraction of sp³-hybridized carbons (Fsp3) is 0.0667. The summed E-state index contributed by atoms with van der Waals surface area (Å²) >= 11 is 0. The van der Waals surface area contributed by atoms with Crippen molar-refractivity contribution < 1.29 is 4.39 Å². The molecule has 3 aromatic rings. The molecule has 0 saturated carbocycles. The maximum Gasteiger partial charge on any atom is 0.244 e.